The van der Waals surface area contributed by atoms with Crippen LogP contribution in [-0.4, -0.2) is 0 Å². The van der Waals surface area contributed by atoms with Crippen molar-refractivity contribution in [3.8, 4) is 0 Å². The molecule has 3 N–H and O–H groups in total. The first-order valence-electron chi connectivity index (χ1n) is 5.81. The molecule has 20 heavy (non-hydrogen) atoms. The molecular formula is C14H12BrF3N2. The van der Waals surface area contributed by atoms with Crippen molar-refractivity contribution in [1.82, 2.24) is 0 Å². The number of anilines is 2. The van der Waals surface area contributed by atoms with Gasteiger partial charge < -0.3 is 11.1 Å². The van der Waals surface area contributed by atoms with Gasteiger partial charge in [-0.2, -0.15) is 13.2 Å². The van der Waals surface area contributed by atoms with Gasteiger partial charge in [-0.05, 0) is 35.9 Å². The number of benzene rings is 2. The minimum Gasteiger partial charge on any atom is -0.397 e. The zero-order valence-corrected chi connectivity index (χ0v) is 11.9. The van der Waals surface area contributed by atoms with E-state index in [1.165, 1.54) is 12.1 Å². The van der Waals surface area contributed by atoms with E-state index in [0.717, 1.165) is 27.9 Å². The van der Waals surface area contributed by atoms with Crippen LogP contribution in [0.2, 0.25) is 0 Å². The predicted molar refractivity (Wildman–Crippen MR) is 77.3 cm³/mol. The third-order valence-electron chi connectivity index (χ3n) is 2.78. The molecule has 2 nitrogen and oxygen atoms in total. The Bertz CT molecular complexity index is 594. The highest BCUT2D eigenvalue weighted by Crippen LogP contribution is 2.29. The van der Waals surface area contributed by atoms with Crippen molar-refractivity contribution in [2.24, 2.45) is 0 Å². The monoisotopic (exact) mass is 344 g/mol. The van der Waals surface area contributed by atoms with Crippen LogP contribution in [0, 0.1) is 0 Å². The standard InChI is InChI=1S/C14H12BrF3N2/c15-11-5-6-12(19)13(7-11)20-8-9-1-3-10(4-2-9)14(16,17)18/h1-7,20H,8,19H2. The first kappa shape index (κ1) is 14.7. The van der Waals surface area contributed by atoms with E-state index in [0.29, 0.717) is 12.2 Å². The molecule has 0 unspecified atom stereocenters. The van der Waals surface area contributed by atoms with Gasteiger partial charge in [0.05, 0.1) is 16.9 Å². The smallest absolute Gasteiger partial charge is 0.397 e. The summed E-state index contributed by atoms with van der Waals surface area (Å²) in [5, 5.41) is 3.09. The van der Waals surface area contributed by atoms with Crippen LogP contribution in [0.25, 0.3) is 0 Å². The third kappa shape index (κ3) is 3.66. The minimum atomic E-state index is -4.30. The van der Waals surface area contributed by atoms with Crippen molar-refractivity contribution < 1.29 is 13.2 Å². The second-order valence-corrected chi connectivity index (χ2v) is 5.20. The average molecular weight is 345 g/mol. The van der Waals surface area contributed by atoms with E-state index >= 15 is 0 Å². The fraction of sp³-hybridized carbons (Fsp3) is 0.143. The Morgan fingerprint density at radius 2 is 1.70 bits per heavy atom. The molecule has 0 aliphatic heterocycles. The maximum atomic E-state index is 12.4. The van der Waals surface area contributed by atoms with E-state index in [9.17, 15) is 13.2 Å². The molecule has 0 aromatic heterocycles. The molecular weight excluding hydrogens is 333 g/mol. The maximum absolute atomic E-state index is 12.4. The van der Waals surface area contributed by atoms with Gasteiger partial charge in [0.15, 0.2) is 0 Å². The van der Waals surface area contributed by atoms with E-state index in [4.69, 9.17) is 5.73 Å². The van der Waals surface area contributed by atoms with Crippen molar-refractivity contribution in [3.05, 3.63) is 58.1 Å². The summed E-state index contributed by atoms with van der Waals surface area (Å²) in [6.45, 7) is 0.402. The van der Waals surface area contributed by atoms with Gasteiger partial charge >= 0.3 is 6.18 Å². The molecule has 6 heteroatoms. The highest BCUT2D eigenvalue weighted by Gasteiger charge is 2.29. The summed E-state index contributed by atoms with van der Waals surface area (Å²) >= 11 is 3.33. The van der Waals surface area contributed by atoms with Crippen LogP contribution in [0.5, 0.6) is 0 Å². The van der Waals surface area contributed by atoms with Crippen LogP contribution in [0.15, 0.2) is 46.9 Å². The van der Waals surface area contributed by atoms with Gasteiger partial charge in [-0.3, -0.25) is 0 Å². The van der Waals surface area contributed by atoms with Gasteiger partial charge in [0.1, 0.15) is 0 Å². The first-order chi connectivity index (χ1) is 9.36. The van der Waals surface area contributed by atoms with Gasteiger partial charge in [-0.1, -0.05) is 28.1 Å². The number of hydrogen-bond donors (Lipinski definition) is 2. The maximum Gasteiger partial charge on any atom is 0.416 e. The number of rotatable bonds is 3. The molecule has 0 atom stereocenters. The number of halogens is 4. The molecule has 0 bridgehead atoms. The van der Waals surface area contributed by atoms with Crippen LogP contribution in [0.1, 0.15) is 11.1 Å². The predicted octanol–water partition coefficient (Wildman–Crippen LogP) is 4.66. The van der Waals surface area contributed by atoms with Crippen LogP contribution < -0.4 is 11.1 Å². The zero-order valence-electron chi connectivity index (χ0n) is 10.3. The number of alkyl halides is 3. The SMILES string of the molecule is Nc1ccc(Br)cc1NCc1ccc(C(F)(F)F)cc1. The Morgan fingerprint density at radius 1 is 1.05 bits per heavy atom. The second-order valence-electron chi connectivity index (χ2n) is 4.28. The summed E-state index contributed by atoms with van der Waals surface area (Å²) < 4.78 is 38.2. The Kier molecular flexibility index (Phi) is 4.23. The topological polar surface area (TPSA) is 38.0 Å². The van der Waals surface area contributed by atoms with E-state index < -0.39 is 11.7 Å². The van der Waals surface area contributed by atoms with Crippen LogP contribution in [0.4, 0.5) is 24.5 Å². The van der Waals surface area contributed by atoms with Gasteiger partial charge in [0.25, 0.3) is 0 Å². The van der Waals surface area contributed by atoms with Crippen LogP contribution in [0.3, 0.4) is 0 Å². The van der Waals surface area contributed by atoms with E-state index in [1.807, 2.05) is 12.1 Å². The highest BCUT2D eigenvalue weighted by atomic mass is 79.9. The van der Waals surface area contributed by atoms with E-state index in [-0.39, 0.29) is 0 Å². The Morgan fingerprint density at radius 3 is 2.30 bits per heavy atom. The largest absolute Gasteiger partial charge is 0.416 e. The molecule has 0 fully saturated rings. The lowest BCUT2D eigenvalue weighted by molar-refractivity contribution is -0.137. The Balaban J connectivity index is 2.06. The summed E-state index contributed by atoms with van der Waals surface area (Å²) in [7, 11) is 0. The first-order valence-corrected chi connectivity index (χ1v) is 6.60. The number of nitrogen functional groups attached to an aromatic ring is 1. The van der Waals surface area contributed by atoms with Crippen LogP contribution in [-0.2, 0) is 12.7 Å². The Labute approximate surface area is 122 Å². The zero-order chi connectivity index (χ0) is 14.8. The molecule has 0 aliphatic carbocycles. The van der Waals surface area contributed by atoms with E-state index in [1.54, 1.807) is 6.07 Å². The van der Waals surface area contributed by atoms with Crippen molar-refractivity contribution in [3.63, 3.8) is 0 Å². The molecule has 106 valence electrons. The second kappa shape index (κ2) is 5.75. The average Bonchev–Trinajstić information content (AvgIpc) is 2.39. The summed E-state index contributed by atoms with van der Waals surface area (Å²) in [5.74, 6) is 0. The molecule has 0 saturated heterocycles. The number of hydrogen-bond acceptors (Lipinski definition) is 2. The third-order valence-corrected chi connectivity index (χ3v) is 3.27. The molecule has 0 radical (unpaired) electrons. The number of nitrogens with one attached hydrogen (secondary N) is 1. The lowest BCUT2D eigenvalue weighted by atomic mass is 10.1. The fourth-order valence-corrected chi connectivity index (χ4v) is 2.05. The van der Waals surface area contributed by atoms with Gasteiger partial charge in [0.2, 0.25) is 0 Å². The quantitative estimate of drug-likeness (QED) is 0.794. The minimum absolute atomic E-state index is 0.402. The highest BCUT2D eigenvalue weighted by molar-refractivity contribution is 9.10. The molecule has 0 aliphatic rings. The van der Waals surface area contributed by atoms with Crippen molar-refractivity contribution in [2.75, 3.05) is 11.1 Å². The summed E-state index contributed by atoms with van der Waals surface area (Å²) in [5.41, 5.74) is 7.22. The molecule has 2 aromatic rings. The van der Waals surface area contributed by atoms with E-state index in [2.05, 4.69) is 21.2 Å². The molecule has 2 rings (SSSR count). The van der Waals surface area contributed by atoms with Crippen molar-refractivity contribution >= 4 is 27.3 Å². The number of nitrogens with two attached hydrogens (primary N) is 1. The van der Waals surface area contributed by atoms with Crippen molar-refractivity contribution in [2.45, 2.75) is 12.7 Å². The molecule has 0 saturated carbocycles. The molecule has 2 aromatic carbocycles. The van der Waals surface area contributed by atoms with Gasteiger partial charge in [-0.25, -0.2) is 0 Å². The van der Waals surface area contributed by atoms with Crippen molar-refractivity contribution in [1.29, 1.82) is 0 Å². The molecule has 0 spiro atoms. The summed E-state index contributed by atoms with van der Waals surface area (Å²) in [6, 6.07) is 10.4. The lowest BCUT2D eigenvalue weighted by Gasteiger charge is -2.11. The normalized spacial score (nSPS) is 11.4. The summed E-state index contributed by atoms with van der Waals surface area (Å²) in [6.07, 6.45) is -4.30. The van der Waals surface area contributed by atoms with Gasteiger partial charge in [-0.15, -0.1) is 0 Å². The summed E-state index contributed by atoms with van der Waals surface area (Å²) in [4.78, 5) is 0. The van der Waals surface area contributed by atoms with Gasteiger partial charge in [0, 0.05) is 11.0 Å². The molecule has 0 amide bonds. The lowest BCUT2D eigenvalue weighted by Crippen LogP contribution is -2.06. The molecule has 0 heterocycles. The fourth-order valence-electron chi connectivity index (χ4n) is 1.69. The Hall–Kier alpha value is -1.69. The van der Waals surface area contributed by atoms with Crippen LogP contribution >= 0.6 is 15.9 Å².